The number of piperidine rings is 1. The van der Waals surface area contributed by atoms with Gasteiger partial charge in [0, 0.05) is 51.0 Å². The summed E-state index contributed by atoms with van der Waals surface area (Å²) in [5.74, 6) is 1.77. The van der Waals surface area contributed by atoms with Crippen molar-refractivity contribution in [1.29, 1.82) is 0 Å². The molecule has 7 heteroatoms. The summed E-state index contributed by atoms with van der Waals surface area (Å²) in [5.41, 5.74) is 0. The maximum atomic E-state index is 12.6. The summed E-state index contributed by atoms with van der Waals surface area (Å²) in [6.45, 7) is 5.78. The smallest absolute Gasteiger partial charge is 0.253 e. The van der Waals surface area contributed by atoms with Gasteiger partial charge in [0.05, 0.1) is 6.61 Å². The number of carbonyl (C=O) groups is 1. The molecule has 2 aliphatic rings. The number of ether oxygens (including phenoxy) is 1. The number of nitrogens with zero attached hydrogens (tertiary/aromatic N) is 4. The highest BCUT2D eigenvalue weighted by Crippen LogP contribution is 2.27. The lowest BCUT2D eigenvalue weighted by Crippen LogP contribution is -2.51. The molecule has 2 saturated heterocycles. The number of imidazole rings is 1. The second kappa shape index (κ2) is 8.78. The topological polar surface area (TPSA) is 62.6 Å². The second-order valence-corrected chi connectivity index (χ2v) is 7.30. The summed E-state index contributed by atoms with van der Waals surface area (Å²) in [6.07, 6.45) is 6.78. The Kier molecular flexibility index (Phi) is 6.45. The minimum Gasteiger partial charge on any atom is -0.366 e. The van der Waals surface area contributed by atoms with Crippen LogP contribution in [0.1, 0.15) is 31.0 Å². The van der Waals surface area contributed by atoms with Gasteiger partial charge < -0.3 is 24.4 Å². The van der Waals surface area contributed by atoms with Crippen molar-refractivity contribution in [3.8, 4) is 0 Å². The van der Waals surface area contributed by atoms with E-state index in [-0.39, 0.29) is 12.0 Å². The van der Waals surface area contributed by atoms with Crippen LogP contribution in [0.15, 0.2) is 12.4 Å². The third-order valence-corrected chi connectivity index (χ3v) is 5.13. The zero-order valence-corrected chi connectivity index (χ0v) is 15.5. The maximum Gasteiger partial charge on any atom is 0.253 e. The number of rotatable bonds is 6. The molecule has 2 fully saturated rings. The van der Waals surface area contributed by atoms with Gasteiger partial charge in [0.1, 0.15) is 11.9 Å². The molecule has 140 valence electrons. The molecule has 1 atom stereocenters. The molecule has 0 radical (unpaired) electrons. The van der Waals surface area contributed by atoms with Gasteiger partial charge in [-0.1, -0.05) is 0 Å². The molecule has 0 saturated carbocycles. The Bertz CT molecular complexity index is 545. The van der Waals surface area contributed by atoms with Crippen molar-refractivity contribution < 1.29 is 9.53 Å². The summed E-state index contributed by atoms with van der Waals surface area (Å²) < 4.78 is 7.89. The van der Waals surface area contributed by atoms with E-state index in [1.807, 2.05) is 11.1 Å². The highest BCUT2D eigenvalue weighted by Gasteiger charge is 2.31. The highest BCUT2D eigenvalue weighted by molar-refractivity contribution is 5.81. The molecule has 1 amide bonds. The van der Waals surface area contributed by atoms with Gasteiger partial charge in [0.2, 0.25) is 0 Å². The first-order chi connectivity index (χ1) is 12.1. The van der Waals surface area contributed by atoms with Crippen LogP contribution in [0.3, 0.4) is 0 Å². The molecular formula is C18H31N5O2. The summed E-state index contributed by atoms with van der Waals surface area (Å²) in [6, 6.07) is 0. The molecular weight excluding hydrogens is 318 g/mol. The number of carbonyl (C=O) groups excluding carboxylic acids is 1. The van der Waals surface area contributed by atoms with Gasteiger partial charge in [-0.05, 0) is 39.9 Å². The van der Waals surface area contributed by atoms with Gasteiger partial charge in [0.25, 0.3) is 5.91 Å². The number of likely N-dealkylation sites (tertiary alicyclic amines) is 1. The number of amides is 1. The van der Waals surface area contributed by atoms with Crippen LogP contribution in [-0.4, -0.2) is 84.8 Å². The van der Waals surface area contributed by atoms with E-state index in [0.717, 1.165) is 52.0 Å². The van der Waals surface area contributed by atoms with Gasteiger partial charge in [0.15, 0.2) is 0 Å². The van der Waals surface area contributed by atoms with Crippen LogP contribution >= 0.6 is 0 Å². The van der Waals surface area contributed by atoms with Crippen molar-refractivity contribution in [2.75, 3.05) is 53.4 Å². The molecule has 0 aliphatic carbocycles. The summed E-state index contributed by atoms with van der Waals surface area (Å²) >= 11 is 0. The fraction of sp³-hybridized carbons (Fsp3) is 0.778. The normalized spacial score (nSPS) is 22.5. The van der Waals surface area contributed by atoms with Gasteiger partial charge in [-0.2, -0.15) is 0 Å². The van der Waals surface area contributed by atoms with Crippen molar-refractivity contribution in [2.45, 2.75) is 37.8 Å². The average molecular weight is 349 g/mol. The summed E-state index contributed by atoms with van der Waals surface area (Å²) in [5, 5.41) is 3.23. The maximum absolute atomic E-state index is 12.6. The predicted molar refractivity (Wildman–Crippen MR) is 96.6 cm³/mol. The third-order valence-electron chi connectivity index (χ3n) is 5.13. The zero-order chi connectivity index (χ0) is 17.6. The lowest BCUT2D eigenvalue weighted by atomic mass is 9.95. The van der Waals surface area contributed by atoms with Gasteiger partial charge in [-0.3, -0.25) is 4.79 Å². The molecule has 2 aliphatic heterocycles. The fourth-order valence-corrected chi connectivity index (χ4v) is 3.71. The van der Waals surface area contributed by atoms with Crippen LogP contribution in [0.25, 0.3) is 0 Å². The first-order valence-corrected chi connectivity index (χ1v) is 9.42. The molecule has 3 rings (SSSR count). The average Bonchev–Trinajstić information content (AvgIpc) is 3.10. The molecule has 25 heavy (non-hydrogen) atoms. The number of hydrogen-bond donors (Lipinski definition) is 1. The minimum absolute atomic E-state index is 0.139. The van der Waals surface area contributed by atoms with Gasteiger partial charge >= 0.3 is 0 Å². The first-order valence-electron chi connectivity index (χ1n) is 9.42. The van der Waals surface area contributed by atoms with Gasteiger partial charge in [-0.15, -0.1) is 0 Å². The predicted octanol–water partition coefficient (Wildman–Crippen LogP) is 0.529. The van der Waals surface area contributed by atoms with Gasteiger partial charge in [-0.25, -0.2) is 4.98 Å². The minimum atomic E-state index is -0.307. The van der Waals surface area contributed by atoms with Crippen LogP contribution in [0, 0.1) is 0 Å². The van der Waals surface area contributed by atoms with Crippen LogP contribution in [-0.2, 0) is 16.1 Å². The molecule has 1 aromatic rings. The van der Waals surface area contributed by atoms with Crippen LogP contribution in [0.4, 0.5) is 0 Å². The summed E-state index contributed by atoms with van der Waals surface area (Å²) in [4.78, 5) is 21.3. The van der Waals surface area contributed by atoms with E-state index < -0.39 is 0 Å². The number of morpholine rings is 1. The van der Waals surface area contributed by atoms with E-state index >= 15 is 0 Å². The number of nitrogens with one attached hydrogen (secondary N) is 1. The Labute approximate surface area is 150 Å². The third kappa shape index (κ3) is 4.80. The highest BCUT2D eigenvalue weighted by atomic mass is 16.5. The Balaban J connectivity index is 1.50. The van der Waals surface area contributed by atoms with E-state index in [2.05, 4.69) is 40.1 Å². The Morgan fingerprint density at radius 3 is 2.88 bits per heavy atom. The number of aromatic nitrogens is 2. The van der Waals surface area contributed by atoms with E-state index in [4.69, 9.17) is 4.74 Å². The Morgan fingerprint density at radius 2 is 2.20 bits per heavy atom. The van der Waals surface area contributed by atoms with E-state index in [1.54, 1.807) is 0 Å². The monoisotopic (exact) mass is 349 g/mol. The summed E-state index contributed by atoms with van der Waals surface area (Å²) in [7, 11) is 4.21. The lowest BCUT2D eigenvalue weighted by molar-refractivity contribution is -0.146. The molecule has 1 N–H and O–H groups in total. The molecule has 0 unspecified atom stereocenters. The standard InChI is InChI=1S/C18H31N5O2/c1-21(2)8-3-9-22-12-6-20-17(22)15-4-10-23(11-5-15)18(24)16-14-19-7-13-25-16/h6,12,15-16,19H,3-5,7-11,13-14H2,1-2H3/t16-/m1/s1. The molecule has 0 spiro atoms. The zero-order valence-electron chi connectivity index (χ0n) is 15.5. The van der Waals surface area contributed by atoms with Crippen molar-refractivity contribution in [1.82, 2.24) is 24.7 Å². The van der Waals surface area contributed by atoms with Crippen molar-refractivity contribution in [2.24, 2.45) is 0 Å². The lowest BCUT2D eigenvalue weighted by Gasteiger charge is -2.35. The first kappa shape index (κ1) is 18.4. The number of aryl methyl sites for hydroxylation is 1. The Morgan fingerprint density at radius 1 is 1.40 bits per heavy atom. The number of hydrogen-bond acceptors (Lipinski definition) is 5. The van der Waals surface area contributed by atoms with Crippen molar-refractivity contribution in [3.05, 3.63) is 18.2 Å². The van der Waals surface area contributed by atoms with Crippen molar-refractivity contribution in [3.63, 3.8) is 0 Å². The molecule has 3 heterocycles. The SMILES string of the molecule is CN(C)CCCn1ccnc1C1CCN(C(=O)[C@H]2CNCCO2)CC1. The molecule has 0 aromatic carbocycles. The Hall–Kier alpha value is -1.44. The van der Waals surface area contributed by atoms with Crippen LogP contribution in [0.5, 0.6) is 0 Å². The fourth-order valence-electron chi connectivity index (χ4n) is 3.71. The second-order valence-electron chi connectivity index (χ2n) is 7.30. The van der Waals surface area contributed by atoms with E-state index in [1.165, 1.54) is 5.82 Å². The van der Waals surface area contributed by atoms with E-state index in [9.17, 15) is 4.79 Å². The largest absolute Gasteiger partial charge is 0.366 e. The van der Waals surface area contributed by atoms with Crippen LogP contribution < -0.4 is 5.32 Å². The molecule has 7 nitrogen and oxygen atoms in total. The van der Waals surface area contributed by atoms with Crippen molar-refractivity contribution >= 4 is 5.91 Å². The van der Waals surface area contributed by atoms with Crippen LogP contribution in [0.2, 0.25) is 0 Å². The quantitative estimate of drug-likeness (QED) is 0.812. The molecule has 1 aromatic heterocycles. The van der Waals surface area contributed by atoms with E-state index in [0.29, 0.717) is 19.1 Å². The molecule has 0 bridgehead atoms.